The van der Waals surface area contributed by atoms with Crippen molar-refractivity contribution in [1.29, 1.82) is 0 Å². The van der Waals surface area contributed by atoms with Crippen molar-refractivity contribution in [3.63, 3.8) is 0 Å². The van der Waals surface area contributed by atoms with Crippen LogP contribution in [0, 0.1) is 0 Å². The van der Waals surface area contributed by atoms with Crippen LogP contribution in [0.3, 0.4) is 0 Å². The standard InChI is InChI=1S/C24H23NO4/c1-27-20-12-9-17(10-13-20)15-21(18-7-5-4-6-8-18)24(26)25-19-11-14-22(28-2)23(16-19)29-3/h4-16H,1-3H3,(H,25,26). The Morgan fingerprint density at radius 1 is 0.793 bits per heavy atom. The SMILES string of the molecule is COc1ccc(C=C(C(=O)Nc2ccc(OC)c(OC)c2)c2ccccc2)cc1. The molecule has 29 heavy (non-hydrogen) atoms. The van der Waals surface area contributed by atoms with E-state index in [2.05, 4.69) is 5.32 Å². The van der Waals surface area contributed by atoms with Gasteiger partial charge in [0.25, 0.3) is 5.91 Å². The fourth-order valence-corrected chi connectivity index (χ4v) is 2.88. The van der Waals surface area contributed by atoms with Gasteiger partial charge in [-0.05, 0) is 41.5 Å². The molecule has 0 unspecified atom stereocenters. The van der Waals surface area contributed by atoms with Gasteiger partial charge in [0.15, 0.2) is 11.5 Å². The molecule has 0 bridgehead atoms. The highest BCUT2D eigenvalue weighted by molar-refractivity contribution is 6.29. The monoisotopic (exact) mass is 389 g/mol. The molecule has 5 nitrogen and oxygen atoms in total. The van der Waals surface area contributed by atoms with Crippen molar-refractivity contribution in [2.75, 3.05) is 26.6 Å². The molecule has 0 atom stereocenters. The summed E-state index contributed by atoms with van der Waals surface area (Å²) in [4.78, 5) is 13.1. The quantitative estimate of drug-likeness (QED) is 0.462. The molecule has 1 N–H and O–H groups in total. The van der Waals surface area contributed by atoms with Crippen LogP contribution in [-0.2, 0) is 4.79 Å². The van der Waals surface area contributed by atoms with Gasteiger partial charge in [-0.25, -0.2) is 0 Å². The van der Waals surface area contributed by atoms with Gasteiger partial charge in [-0.3, -0.25) is 4.79 Å². The zero-order valence-electron chi connectivity index (χ0n) is 16.6. The number of carbonyl (C=O) groups is 1. The summed E-state index contributed by atoms with van der Waals surface area (Å²) in [6, 6.07) is 22.3. The summed E-state index contributed by atoms with van der Waals surface area (Å²) < 4.78 is 15.8. The summed E-state index contributed by atoms with van der Waals surface area (Å²) in [5, 5.41) is 2.94. The van der Waals surface area contributed by atoms with Crippen molar-refractivity contribution >= 4 is 23.2 Å². The minimum Gasteiger partial charge on any atom is -0.497 e. The van der Waals surface area contributed by atoms with E-state index in [1.807, 2.05) is 60.7 Å². The van der Waals surface area contributed by atoms with Crippen molar-refractivity contribution < 1.29 is 19.0 Å². The molecule has 0 saturated carbocycles. The highest BCUT2D eigenvalue weighted by Crippen LogP contribution is 2.30. The Morgan fingerprint density at radius 3 is 2.10 bits per heavy atom. The van der Waals surface area contributed by atoms with Gasteiger partial charge in [0, 0.05) is 17.3 Å². The lowest BCUT2D eigenvalue weighted by Gasteiger charge is -2.12. The maximum absolute atomic E-state index is 13.1. The second-order valence-corrected chi connectivity index (χ2v) is 6.22. The van der Waals surface area contributed by atoms with Crippen molar-refractivity contribution in [2.24, 2.45) is 0 Å². The van der Waals surface area contributed by atoms with Gasteiger partial charge in [0.1, 0.15) is 5.75 Å². The predicted octanol–water partition coefficient (Wildman–Crippen LogP) is 4.89. The fraction of sp³-hybridized carbons (Fsp3) is 0.125. The number of benzene rings is 3. The van der Waals surface area contributed by atoms with Gasteiger partial charge in [0.2, 0.25) is 0 Å². The van der Waals surface area contributed by atoms with E-state index in [-0.39, 0.29) is 5.91 Å². The molecule has 0 aromatic heterocycles. The third-order valence-electron chi connectivity index (χ3n) is 4.40. The van der Waals surface area contributed by atoms with E-state index in [1.165, 1.54) is 0 Å². The number of methoxy groups -OCH3 is 3. The largest absolute Gasteiger partial charge is 0.497 e. The second-order valence-electron chi connectivity index (χ2n) is 6.22. The Labute approximate surface area is 170 Å². The summed E-state index contributed by atoms with van der Waals surface area (Å²) in [7, 11) is 4.75. The van der Waals surface area contributed by atoms with Crippen LogP contribution in [0.4, 0.5) is 5.69 Å². The molecule has 5 heteroatoms. The Morgan fingerprint density at radius 2 is 1.48 bits per heavy atom. The number of ether oxygens (including phenoxy) is 3. The van der Waals surface area contributed by atoms with Crippen LogP contribution in [0.5, 0.6) is 17.2 Å². The number of anilines is 1. The Kier molecular flexibility index (Phi) is 6.53. The summed E-state index contributed by atoms with van der Waals surface area (Å²) >= 11 is 0. The van der Waals surface area contributed by atoms with E-state index >= 15 is 0 Å². The van der Waals surface area contributed by atoms with Crippen LogP contribution in [0.25, 0.3) is 11.6 Å². The van der Waals surface area contributed by atoms with E-state index in [1.54, 1.807) is 39.5 Å². The number of nitrogens with one attached hydrogen (secondary N) is 1. The summed E-state index contributed by atoms with van der Waals surface area (Å²) in [6.45, 7) is 0. The van der Waals surface area contributed by atoms with E-state index in [9.17, 15) is 4.79 Å². The molecule has 3 aromatic rings. The van der Waals surface area contributed by atoms with Gasteiger partial charge in [-0.2, -0.15) is 0 Å². The number of hydrogen-bond donors (Lipinski definition) is 1. The molecule has 3 rings (SSSR count). The molecule has 0 radical (unpaired) electrons. The molecule has 0 aliphatic carbocycles. The van der Waals surface area contributed by atoms with Crippen LogP contribution in [-0.4, -0.2) is 27.2 Å². The lowest BCUT2D eigenvalue weighted by Crippen LogP contribution is -2.13. The summed E-state index contributed by atoms with van der Waals surface area (Å²) in [5.74, 6) is 1.69. The van der Waals surface area contributed by atoms with Crippen LogP contribution < -0.4 is 19.5 Å². The minimum atomic E-state index is -0.223. The van der Waals surface area contributed by atoms with Gasteiger partial charge < -0.3 is 19.5 Å². The molecule has 148 valence electrons. The first kappa shape index (κ1) is 20.0. The molecule has 0 saturated heterocycles. The number of amides is 1. The number of carbonyl (C=O) groups excluding carboxylic acids is 1. The zero-order valence-corrected chi connectivity index (χ0v) is 16.6. The Hall–Kier alpha value is -3.73. The van der Waals surface area contributed by atoms with Crippen LogP contribution in [0.1, 0.15) is 11.1 Å². The molecule has 0 heterocycles. The smallest absolute Gasteiger partial charge is 0.256 e. The topological polar surface area (TPSA) is 56.8 Å². The van der Waals surface area contributed by atoms with E-state index in [0.29, 0.717) is 22.8 Å². The fourth-order valence-electron chi connectivity index (χ4n) is 2.88. The summed E-state index contributed by atoms with van der Waals surface area (Å²) in [6.07, 6.45) is 1.85. The van der Waals surface area contributed by atoms with Crippen molar-refractivity contribution in [2.45, 2.75) is 0 Å². The average molecular weight is 389 g/mol. The lowest BCUT2D eigenvalue weighted by atomic mass is 10.0. The number of hydrogen-bond acceptors (Lipinski definition) is 4. The first-order valence-electron chi connectivity index (χ1n) is 9.09. The van der Waals surface area contributed by atoms with E-state index < -0.39 is 0 Å². The first-order valence-corrected chi connectivity index (χ1v) is 9.09. The van der Waals surface area contributed by atoms with Gasteiger partial charge in [-0.1, -0.05) is 42.5 Å². The highest BCUT2D eigenvalue weighted by atomic mass is 16.5. The molecule has 0 spiro atoms. The van der Waals surface area contributed by atoms with Gasteiger partial charge in [-0.15, -0.1) is 0 Å². The summed E-state index contributed by atoms with van der Waals surface area (Å²) in [5.41, 5.74) is 2.88. The zero-order chi connectivity index (χ0) is 20.6. The maximum atomic E-state index is 13.1. The van der Waals surface area contributed by atoms with Crippen molar-refractivity contribution in [3.8, 4) is 17.2 Å². The van der Waals surface area contributed by atoms with E-state index in [0.717, 1.165) is 16.9 Å². The first-order chi connectivity index (χ1) is 14.1. The average Bonchev–Trinajstić information content (AvgIpc) is 2.78. The number of rotatable bonds is 7. The van der Waals surface area contributed by atoms with Crippen LogP contribution in [0.15, 0.2) is 72.8 Å². The molecular formula is C24H23NO4. The maximum Gasteiger partial charge on any atom is 0.256 e. The second kappa shape index (κ2) is 9.46. The van der Waals surface area contributed by atoms with Crippen molar-refractivity contribution in [1.82, 2.24) is 0 Å². The molecule has 0 aliphatic heterocycles. The van der Waals surface area contributed by atoms with Crippen LogP contribution >= 0.6 is 0 Å². The molecule has 3 aromatic carbocycles. The normalized spacial score (nSPS) is 10.9. The highest BCUT2D eigenvalue weighted by Gasteiger charge is 2.14. The van der Waals surface area contributed by atoms with E-state index in [4.69, 9.17) is 14.2 Å². The lowest BCUT2D eigenvalue weighted by molar-refractivity contribution is -0.111. The minimum absolute atomic E-state index is 0.223. The molecule has 1 amide bonds. The third kappa shape index (κ3) is 4.96. The molecule has 0 aliphatic rings. The molecule has 0 fully saturated rings. The van der Waals surface area contributed by atoms with Crippen molar-refractivity contribution in [3.05, 3.63) is 83.9 Å². The van der Waals surface area contributed by atoms with Gasteiger partial charge >= 0.3 is 0 Å². The predicted molar refractivity (Wildman–Crippen MR) is 115 cm³/mol. The van der Waals surface area contributed by atoms with Crippen LogP contribution in [0.2, 0.25) is 0 Å². The van der Waals surface area contributed by atoms with Gasteiger partial charge in [0.05, 0.1) is 21.3 Å². The Bertz CT molecular complexity index is 995. The molecular weight excluding hydrogens is 366 g/mol. The Balaban J connectivity index is 1.93. The third-order valence-corrected chi connectivity index (χ3v) is 4.40.